The zero-order valence-corrected chi connectivity index (χ0v) is 27.4. The van der Waals surface area contributed by atoms with Crippen molar-refractivity contribution in [1.29, 1.82) is 0 Å². The van der Waals surface area contributed by atoms with Gasteiger partial charge in [0.05, 0.1) is 53.4 Å². The van der Waals surface area contributed by atoms with Gasteiger partial charge in [-0.3, -0.25) is 9.59 Å². The second-order valence-corrected chi connectivity index (χ2v) is 11.1. The smallest absolute Gasteiger partial charge is 0.408 e. The summed E-state index contributed by atoms with van der Waals surface area (Å²) in [5, 5.41) is 7.89. The Hall–Kier alpha value is -3.38. The Morgan fingerprint density at radius 2 is 1.51 bits per heavy atom. The zero-order chi connectivity index (χ0) is 34.1. The maximum Gasteiger partial charge on any atom is 0.408 e. The fourth-order valence-corrected chi connectivity index (χ4v) is 4.76. The Morgan fingerprint density at radius 3 is 2.17 bits per heavy atom. The van der Waals surface area contributed by atoms with Crippen molar-refractivity contribution in [3.05, 3.63) is 35.9 Å². The van der Waals surface area contributed by atoms with Crippen LogP contribution in [0.4, 0.5) is 4.79 Å². The molecular formula is C31H47N3O13. The molecule has 0 bridgehead atoms. The summed E-state index contributed by atoms with van der Waals surface area (Å²) in [5.41, 5.74) is 0.769. The fourth-order valence-electron chi connectivity index (χ4n) is 4.76. The van der Waals surface area contributed by atoms with Crippen LogP contribution >= 0.6 is 0 Å². The molecule has 16 nitrogen and oxygen atoms in total. The predicted molar refractivity (Wildman–Crippen MR) is 163 cm³/mol. The molecular weight excluding hydrogens is 622 g/mol. The van der Waals surface area contributed by atoms with E-state index >= 15 is 0 Å². The van der Waals surface area contributed by atoms with E-state index in [-0.39, 0.29) is 32.6 Å². The molecule has 2 heterocycles. The number of rotatable bonds is 21. The molecule has 0 radical (unpaired) electrons. The van der Waals surface area contributed by atoms with Gasteiger partial charge in [-0.05, 0) is 25.8 Å². The highest BCUT2D eigenvalue weighted by Gasteiger charge is 2.57. The second kappa shape index (κ2) is 20.1. The average molecular weight is 670 g/mol. The number of esters is 1. The van der Waals surface area contributed by atoms with Gasteiger partial charge < -0.3 is 58.6 Å². The first-order chi connectivity index (χ1) is 22.6. The molecule has 1 unspecified atom stereocenters. The van der Waals surface area contributed by atoms with E-state index in [1.165, 1.54) is 7.11 Å². The number of carbonyl (C=O) groups is 4. The highest BCUT2D eigenvalue weighted by atomic mass is 16.8. The maximum atomic E-state index is 13.0. The summed E-state index contributed by atoms with van der Waals surface area (Å²) in [7, 11) is 2.78. The van der Waals surface area contributed by atoms with Crippen LogP contribution in [0.25, 0.3) is 0 Å². The molecule has 16 heteroatoms. The second-order valence-electron chi connectivity index (χ2n) is 11.1. The van der Waals surface area contributed by atoms with Gasteiger partial charge in [0.25, 0.3) is 5.91 Å². The SMILES string of the molecule is COCCOCCOCCOCCNC(=O)[C@H]1OC(NC(=O)CC[C@H](NC(=O)OCc2ccccc2)C(=O)OC)[C@@H]2OC(C)(C)O[C@H]12. The van der Waals surface area contributed by atoms with Crippen molar-refractivity contribution in [2.45, 2.75) is 69.7 Å². The zero-order valence-electron chi connectivity index (χ0n) is 27.4. The number of hydrogen-bond acceptors (Lipinski definition) is 13. The monoisotopic (exact) mass is 669 g/mol. The molecule has 3 N–H and O–H groups in total. The van der Waals surface area contributed by atoms with E-state index in [0.717, 1.165) is 5.56 Å². The van der Waals surface area contributed by atoms with Crippen LogP contribution in [0.2, 0.25) is 0 Å². The predicted octanol–water partition coefficient (Wildman–Crippen LogP) is 0.408. The van der Waals surface area contributed by atoms with Crippen molar-refractivity contribution in [3.8, 4) is 0 Å². The van der Waals surface area contributed by atoms with E-state index in [9.17, 15) is 19.2 Å². The lowest BCUT2D eigenvalue weighted by atomic mass is 10.1. The van der Waals surface area contributed by atoms with Crippen LogP contribution in [0, 0.1) is 0 Å². The molecule has 3 amide bonds. The van der Waals surface area contributed by atoms with E-state index in [2.05, 4.69) is 16.0 Å². The number of hydrogen-bond donors (Lipinski definition) is 3. The van der Waals surface area contributed by atoms with Crippen molar-refractivity contribution in [1.82, 2.24) is 16.0 Å². The molecule has 47 heavy (non-hydrogen) atoms. The van der Waals surface area contributed by atoms with Crippen LogP contribution in [0.15, 0.2) is 30.3 Å². The number of amides is 3. The molecule has 2 fully saturated rings. The fraction of sp³-hybridized carbons (Fsp3) is 0.677. The summed E-state index contributed by atoms with van der Waals surface area (Å²) in [5.74, 6) is -2.71. The Balaban J connectivity index is 1.40. The van der Waals surface area contributed by atoms with E-state index in [1.807, 2.05) is 6.07 Å². The topological polar surface area (TPSA) is 187 Å². The van der Waals surface area contributed by atoms with Crippen molar-refractivity contribution in [2.24, 2.45) is 0 Å². The van der Waals surface area contributed by atoms with Crippen molar-refractivity contribution in [2.75, 3.05) is 67.0 Å². The van der Waals surface area contributed by atoms with Gasteiger partial charge in [0.1, 0.15) is 24.9 Å². The molecule has 1 aromatic rings. The number of alkyl carbamates (subject to hydrolysis) is 1. The highest BCUT2D eigenvalue weighted by molar-refractivity contribution is 5.83. The highest BCUT2D eigenvalue weighted by Crippen LogP contribution is 2.38. The number of fused-ring (bicyclic) bond motifs is 1. The molecule has 3 rings (SSSR count). The summed E-state index contributed by atoms with van der Waals surface area (Å²) >= 11 is 0. The van der Waals surface area contributed by atoms with Gasteiger partial charge in [-0.2, -0.15) is 0 Å². The summed E-state index contributed by atoms with van der Waals surface area (Å²) in [6, 6.07) is 7.89. The number of ether oxygens (including phenoxy) is 9. The molecule has 2 aliphatic heterocycles. The van der Waals surface area contributed by atoms with Gasteiger partial charge in [-0.1, -0.05) is 30.3 Å². The largest absolute Gasteiger partial charge is 0.467 e. The molecule has 2 saturated heterocycles. The quantitative estimate of drug-likeness (QED) is 0.121. The molecule has 2 aliphatic rings. The minimum atomic E-state index is -1.14. The Bertz CT molecular complexity index is 1120. The minimum Gasteiger partial charge on any atom is -0.467 e. The van der Waals surface area contributed by atoms with Crippen LogP contribution in [0.3, 0.4) is 0 Å². The van der Waals surface area contributed by atoms with Crippen molar-refractivity contribution < 1.29 is 61.8 Å². The average Bonchev–Trinajstić information content (AvgIpc) is 3.55. The molecule has 0 aliphatic carbocycles. The van der Waals surface area contributed by atoms with Gasteiger partial charge in [0, 0.05) is 20.1 Å². The first-order valence-electron chi connectivity index (χ1n) is 15.5. The Labute approximate surface area is 274 Å². The van der Waals surface area contributed by atoms with Crippen LogP contribution in [-0.4, -0.2) is 127 Å². The van der Waals surface area contributed by atoms with Crippen molar-refractivity contribution in [3.63, 3.8) is 0 Å². The third kappa shape index (κ3) is 13.3. The van der Waals surface area contributed by atoms with E-state index in [0.29, 0.717) is 39.6 Å². The van der Waals surface area contributed by atoms with Gasteiger partial charge in [-0.15, -0.1) is 0 Å². The van der Waals surface area contributed by atoms with E-state index in [4.69, 9.17) is 42.6 Å². The third-order valence-corrected chi connectivity index (χ3v) is 6.99. The lowest BCUT2D eigenvalue weighted by molar-refractivity contribution is -0.192. The molecule has 0 saturated carbocycles. The number of benzene rings is 1. The number of carbonyl (C=O) groups excluding carboxylic acids is 4. The van der Waals surface area contributed by atoms with Crippen LogP contribution in [0.5, 0.6) is 0 Å². The van der Waals surface area contributed by atoms with Crippen molar-refractivity contribution >= 4 is 23.9 Å². The number of methoxy groups -OCH3 is 2. The first kappa shape index (κ1) is 38.1. The van der Waals surface area contributed by atoms with Crippen LogP contribution < -0.4 is 16.0 Å². The molecule has 264 valence electrons. The van der Waals surface area contributed by atoms with E-state index < -0.39 is 60.2 Å². The van der Waals surface area contributed by atoms with Crippen LogP contribution in [-0.2, 0) is 63.6 Å². The van der Waals surface area contributed by atoms with Gasteiger partial charge in [0.15, 0.2) is 18.1 Å². The first-order valence-corrected chi connectivity index (χ1v) is 15.5. The number of nitrogens with one attached hydrogen (secondary N) is 3. The van der Waals surface area contributed by atoms with Gasteiger partial charge in [0.2, 0.25) is 5.91 Å². The minimum absolute atomic E-state index is 0.00425. The standard InChI is InChI=1S/C31H47N3O13/c1-31(2)46-24-25(27(36)32-12-13-41-16-17-43-19-18-42-15-14-39-3)45-28(26(24)47-31)34-23(35)11-10-22(29(37)40-4)33-30(38)44-20-21-8-6-5-7-9-21/h5-9,22,24-26,28H,10-20H2,1-4H3,(H,32,36)(H,33,38)(H,34,35)/t22-,24+,25-,26+,28?/m0/s1. The molecule has 1 aromatic carbocycles. The van der Waals surface area contributed by atoms with E-state index in [1.54, 1.807) is 45.2 Å². The third-order valence-electron chi connectivity index (χ3n) is 6.99. The maximum absolute atomic E-state index is 13.0. The molecule has 5 atom stereocenters. The summed E-state index contributed by atoms with van der Waals surface area (Å²) in [6.07, 6.45) is -4.70. The molecule has 0 spiro atoms. The Morgan fingerprint density at radius 1 is 0.872 bits per heavy atom. The summed E-state index contributed by atoms with van der Waals surface area (Å²) in [6.45, 7) is 6.53. The lowest BCUT2D eigenvalue weighted by Crippen LogP contribution is -2.46. The van der Waals surface area contributed by atoms with Gasteiger partial charge >= 0.3 is 12.1 Å². The normalized spacial score (nSPS) is 21.8. The lowest BCUT2D eigenvalue weighted by Gasteiger charge is -2.24. The summed E-state index contributed by atoms with van der Waals surface area (Å²) in [4.78, 5) is 50.5. The molecule has 0 aromatic heterocycles. The van der Waals surface area contributed by atoms with Gasteiger partial charge in [-0.25, -0.2) is 9.59 Å². The Kier molecular flexibility index (Phi) is 16.3. The van der Waals surface area contributed by atoms with Crippen LogP contribution in [0.1, 0.15) is 32.3 Å². The summed E-state index contributed by atoms with van der Waals surface area (Å²) < 4.78 is 48.8.